The van der Waals surface area contributed by atoms with Crippen LogP contribution in [-0.2, 0) is 9.59 Å². The van der Waals surface area contributed by atoms with Crippen LogP contribution in [0.1, 0.15) is 18.4 Å². The summed E-state index contributed by atoms with van der Waals surface area (Å²) in [6, 6.07) is 15.4. The molecule has 0 spiro atoms. The average Bonchev–Trinajstić information content (AvgIpc) is 3.36. The van der Waals surface area contributed by atoms with E-state index in [4.69, 9.17) is 0 Å². The van der Waals surface area contributed by atoms with Gasteiger partial charge in [0.2, 0.25) is 17.0 Å². The summed E-state index contributed by atoms with van der Waals surface area (Å²) in [4.78, 5) is 30.4. The largest absolute Gasteiger partial charge is 0.325 e. The number of anilines is 2. The summed E-state index contributed by atoms with van der Waals surface area (Å²) in [6.07, 6.45) is 1.45. The molecule has 148 valence electrons. The zero-order valence-electron chi connectivity index (χ0n) is 16.0. The van der Waals surface area contributed by atoms with Crippen LogP contribution in [0.5, 0.6) is 0 Å². The van der Waals surface area contributed by atoms with Crippen LogP contribution in [-0.4, -0.2) is 39.3 Å². The van der Waals surface area contributed by atoms with Gasteiger partial charge in [0, 0.05) is 29.9 Å². The Bertz CT molecular complexity index is 1030. The minimum absolute atomic E-state index is 0.123. The van der Waals surface area contributed by atoms with Crippen LogP contribution in [0.4, 0.5) is 11.4 Å². The summed E-state index contributed by atoms with van der Waals surface area (Å²) in [5, 5.41) is 10.5. The number of benzene rings is 2. The van der Waals surface area contributed by atoms with Gasteiger partial charge in [0.15, 0.2) is 5.82 Å². The molecule has 1 fully saturated rings. The number of aryl methyl sites for hydroxylation is 1. The van der Waals surface area contributed by atoms with Crippen molar-refractivity contribution in [2.75, 3.05) is 22.5 Å². The lowest BCUT2D eigenvalue weighted by atomic mass is 10.1. The second kappa shape index (κ2) is 8.48. The summed E-state index contributed by atoms with van der Waals surface area (Å²) in [5.74, 6) is 0.841. The summed E-state index contributed by atoms with van der Waals surface area (Å²) in [5.41, 5.74) is 3.61. The highest BCUT2D eigenvalue weighted by Crippen LogP contribution is 2.25. The van der Waals surface area contributed by atoms with Gasteiger partial charge in [-0.2, -0.15) is 0 Å². The third-order valence-electron chi connectivity index (χ3n) is 4.64. The molecule has 2 amide bonds. The number of hydrogen-bond acceptors (Lipinski definition) is 5. The second-order valence-electron chi connectivity index (χ2n) is 6.87. The number of carbonyl (C=O) groups is 2. The van der Waals surface area contributed by atoms with E-state index in [9.17, 15) is 9.59 Å². The molecular weight excluding hydrogens is 386 g/mol. The topological polar surface area (TPSA) is 91.0 Å². The third kappa shape index (κ3) is 4.65. The molecule has 0 unspecified atom stereocenters. The maximum Gasteiger partial charge on any atom is 0.234 e. The van der Waals surface area contributed by atoms with Crippen LogP contribution in [0.3, 0.4) is 0 Å². The molecule has 0 bridgehead atoms. The number of hydrogen-bond donors (Lipinski definition) is 2. The fourth-order valence-electron chi connectivity index (χ4n) is 3.15. The smallest absolute Gasteiger partial charge is 0.234 e. The molecule has 0 atom stereocenters. The first-order valence-electron chi connectivity index (χ1n) is 9.41. The lowest BCUT2D eigenvalue weighted by molar-refractivity contribution is -0.117. The molecule has 2 aromatic carbocycles. The van der Waals surface area contributed by atoms with Gasteiger partial charge < -0.3 is 10.2 Å². The summed E-state index contributed by atoms with van der Waals surface area (Å²) in [6.45, 7) is 2.75. The SMILES string of the molecule is Cc1ccc(-c2nc(SCC(=O)Nc3cccc(N4CCCC4=O)c3)n[nH]2)cc1. The number of aromatic nitrogens is 3. The number of nitrogens with one attached hydrogen (secondary N) is 2. The van der Waals surface area contributed by atoms with Gasteiger partial charge in [0.05, 0.1) is 5.75 Å². The van der Waals surface area contributed by atoms with E-state index in [1.807, 2.05) is 55.5 Å². The van der Waals surface area contributed by atoms with E-state index in [2.05, 4.69) is 20.5 Å². The maximum absolute atomic E-state index is 12.3. The van der Waals surface area contributed by atoms with Crippen LogP contribution >= 0.6 is 11.8 Å². The number of H-pyrrole nitrogens is 1. The molecular formula is C21H21N5O2S. The first kappa shape index (κ1) is 19.2. The average molecular weight is 407 g/mol. The van der Waals surface area contributed by atoms with Gasteiger partial charge in [0.25, 0.3) is 0 Å². The van der Waals surface area contributed by atoms with Gasteiger partial charge in [-0.15, -0.1) is 5.10 Å². The van der Waals surface area contributed by atoms with E-state index >= 15 is 0 Å². The van der Waals surface area contributed by atoms with E-state index in [1.54, 1.807) is 4.90 Å². The Morgan fingerprint density at radius 3 is 2.83 bits per heavy atom. The van der Waals surface area contributed by atoms with Gasteiger partial charge in [-0.05, 0) is 31.5 Å². The number of thioether (sulfide) groups is 1. The van der Waals surface area contributed by atoms with E-state index in [-0.39, 0.29) is 17.6 Å². The highest BCUT2D eigenvalue weighted by Gasteiger charge is 2.21. The molecule has 1 aliphatic rings. The zero-order valence-corrected chi connectivity index (χ0v) is 16.8. The molecule has 3 aromatic rings. The molecule has 29 heavy (non-hydrogen) atoms. The lowest BCUT2D eigenvalue weighted by Crippen LogP contribution is -2.23. The molecule has 2 N–H and O–H groups in total. The molecule has 0 aliphatic carbocycles. The van der Waals surface area contributed by atoms with Gasteiger partial charge in [0.1, 0.15) is 0 Å². The Labute approximate surface area is 172 Å². The van der Waals surface area contributed by atoms with Crippen molar-refractivity contribution in [3.8, 4) is 11.4 Å². The molecule has 1 aromatic heterocycles. The number of nitrogens with zero attached hydrogens (tertiary/aromatic N) is 3. The van der Waals surface area contributed by atoms with Crippen LogP contribution < -0.4 is 10.2 Å². The Morgan fingerprint density at radius 1 is 1.24 bits per heavy atom. The summed E-state index contributed by atoms with van der Waals surface area (Å²) in [7, 11) is 0. The van der Waals surface area contributed by atoms with E-state index in [0.717, 1.165) is 24.2 Å². The Balaban J connectivity index is 1.34. The van der Waals surface area contributed by atoms with Crippen LogP contribution in [0.2, 0.25) is 0 Å². The minimum Gasteiger partial charge on any atom is -0.325 e. The fourth-order valence-corrected chi connectivity index (χ4v) is 3.75. The van der Waals surface area contributed by atoms with Gasteiger partial charge in [-0.1, -0.05) is 47.7 Å². The van der Waals surface area contributed by atoms with Crippen molar-refractivity contribution in [2.45, 2.75) is 24.9 Å². The fraction of sp³-hybridized carbons (Fsp3) is 0.238. The molecule has 0 radical (unpaired) electrons. The van der Waals surface area contributed by atoms with Crippen LogP contribution in [0, 0.1) is 6.92 Å². The first-order chi connectivity index (χ1) is 14.1. The van der Waals surface area contributed by atoms with E-state index < -0.39 is 0 Å². The highest BCUT2D eigenvalue weighted by molar-refractivity contribution is 7.99. The molecule has 8 heteroatoms. The number of aromatic amines is 1. The normalized spacial score (nSPS) is 13.7. The van der Waals surface area contributed by atoms with Crippen molar-refractivity contribution >= 4 is 35.0 Å². The molecule has 7 nitrogen and oxygen atoms in total. The highest BCUT2D eigenvalue weighted by atomic mass is 32.2. The van der Waals surface area contributed by atoms with Crippen molar-refractivity contribution in [2.24, 2.45) is 0 Å². The molecule has 1 saturated heterocycles. The predicted molar refractivity (Wildman–Crippen MR) is 114 cm³/mol. The van der Waals surface area contributed by atoms with E-state index in [1.165, 1.54) is 17.3 Å². The zero-order chi connectivity index (χ0) is 20.2. The first-order valence-corrected chi connectivity index (χ1v) is 10.4. The van der Waals surface area contributed by atoms with Crippen LogP contribution in [0.15, 0.2) is 53.7 Å². The van der Waals surface area contributed by atoms with Crippen LogP contribution in [0.25, 0.3) is 11.4 Å². The molecule has 4 rings (SSSR count). The molecule has 2 heterocycles. The van der Waals surface area contributed by atoms with Crippen molar-refractivity contribution in [3.05, 3.63) is 54.1 Å². The maximum atomic E-state index is 12.3. The Hall–Kier alpha value is -3.13. The number of rotatable bonds is 6. The van der Waals surface area contributed by atoms with Gasteiger partial charge in [-0.3, -0.25) is 14.7 Å². The monoisotopic (exact) mass is 407 g/mol. The number of carbonyl (C=O) groups excluding carboxylic acids is 2. The number of amides is 2. The lowest BCUT2D eigenvalue weighted by Gasteiger charge is -2.16. The Kier molecular flexibility index (Phi) is 5.62. The third-order valence-corrected chi connectivity index (χ3v) is 5.48. The standard InChI is InChI=1S/C21H21N5O2S/c1-14-7-9-15(10-8-14)20-23-21(25-24-20)29-13-18(27)22-16-4-2-5-17(12-16)26-11-3-6-19(26)28/h2,4-5,7-10,12H,3,6,11,13H2,1H3,(H,22,27)(H,23,24,25). The quantitative estimate of drug-likeness (QED) is 0.609. The van der Waals surface area contributed by atoms with Crippen molar-refractivity contribution < 1.29 is 9.59 Å². The predicted octanol–water partition coefficient (Wildman–Crippen LogP) is 3.64. The minimum atomic E-state index is -0.151. The summed E-state index contributed by atoms with van der Waals surface area (Å²) >= 11 is 1.27. The second-order valence-corrected chi connectivity index (χ2v) is 7.81. The molecule has 0 saturated carbocycles. The van der Waals surface area contributed by atoms with Crippen molar-refractivity contribution in [1.82, 2.24) is 15.2 Å². The summed E-state index contributed by atoms with van der Waals surface area (Å²) < 4.78 is 0. The van der Waals surface area contributed by atoms with E-state index in [0.29, 0.717) is 23.1 Å². The Morgan fingerprint density at radius 2 is 2.07 bits per heavy atom. The van der Waals surface area contributed by atoms with Gasteiger partial charge in [-0.25, -0.2) is 4.98 Å². The molecule has 1 aliphatic heterocycles. The van der Waals surface area contributed by atoms with Crippen molar-refractivity contribution in [3.63, 3.8) is 0 Å². The van der Waals surface area contributed by atoms with Crippen molar-refractivity contribution in [1.29, 1.82) is 0 Å². The van der Waals surface area contributed by atoms with Gasteiger partial charge >= 0.3 is 0 Å².